The van der Waals surface area contributed by atoms with Crippen molar-refractivity contribution in [2.75, 3.05) is 0 Å². The van der Waals surface area contributed by atoms with Gasteiger partial charge in [0.1, 0.15) is 0 Å². The van der Waals surface area contributed by atoms with E-state index in [1.807, 2.05) is 12.2 Å². The third kappa shape index (κ3) is 4.45. The molecule has 0 aliphatic heterocycles. The minimum Gasteiger partial charge on any atom is -0.481 e. The Bertz CT molecular complexity index is 1300. The zero-order chi connectivity index (χ0) is 30.4. The fraction of sp³-hybridized carbons (Fsp3) is 0.769. The molecule has 0 heterocycles. The van der Waals surface area contributed by atoms with E-state index >= 15 is 0 Å². The van der Waals surface area contributed by atoms with Gasteiger partial charge in [0.2, 0.25) is 0 Å². The van der Waals surface area contributed by atoms with Crippen LogP contribution in [0, 0.1) is 63.1 Å². The minimum absolute atomic E-state index is 0.0134. The Morgan fingerprint density at radius 2 is 1.44 bits per heavy atom. The van der Waals surface area contributed by atoms with Crippen LogP contribution < -0.4 is 0 Å². The number of aliphatic carboxylic acids is 1. The predicted molar refractivity (Wildman–Crippen MR) is 169 cm³/mol. The van der Waals surface area contributed by atoms with Crippen molar-refractivity contribution in [3.8, 4) is 0 Å². The van der Waals surface area contributed by atoms with Crippen LogP contribution in [0.5, 0.6) is 0 Å². The quantitative estimate of drug-likeness (QED) is 0.333. The van der Waals surface area contributed by atoms with Crippen LogP contribution in [0.3, 0.4) is 0 Å². The van der Waals surface area contributed by atoms with Crippen LogP contribution >= 0.6 is 0 Å². The Kier molecular flexibility index (Phi) is 7.10. The number of rotatable bonds is 1. The number of carbonyl (C=O) groups is 3. The number of carboxylic acid groups (broad SMARTS) is 1. The number of hydrogen-bond acceptors (Lipinski definition) is 3. The molecule has 1 N–H and O–H groups in total. The molecular formula is C39H54O4. The summed E-state index contributed by atoms with van der Waals surface area (Å²) in [7, 11) is 0. The van der Waals surface area contributed by atoms with Gasteiger partial charge in [-0.05, 0) is 153 Å². The third-order valence-electron chi connectivity index (χ3n) is 15.6. The van der Waals surface area contributed by atoms with E-state index in [0.717, 1.165) is 69.1 Å². The maximum Gasteiger partial charge on any atom is 0.307 e. The smallest absolute Gasteiger partial charge is 0.307 e. The molecule has 43 heavy (non-hydrogen) atoms. The van der Waals surface area contributed by atoms with E-state index < -0.39 is 5.97 Å². The van der Waals surface area contributed by atoms with Crippen LogP contribution in [0.25, 0.3) is 0 Å². The van der Waals surface area contributed by atoms with Crippen LogP contribution in [-0.2, 0) is 14.4 Å². The Balaban J connectivity index is 0.000000141. The van der Waals surface area contributed by atoms with Crippen LogP contribution in [0.15, 0.2) is 35.5 Å². The van der Waals surface area contributed by atoms with Crippen LogP contribution in [-0.4, -0.2) is 22.6 Å². The summed E-state index contributed by atoms with van der Waals surface area (Å²) in [5.41, 5.74) is 3.82. The van der Waals surface area contributed by atoms with Crippen molar-refractivity contribution >= 4 is 17.5 Å². The van der Waals surface area contributed by atoms with Crippen molar-refractivity contribution in [2.24, 2.45) is 63.1 Å². The molecule has 0 aromatic rings. The maximum absolute atomic E-state index is 11.8. The lowest BCUT2D eigenvalue weighted by atomic mass is 9.47. The number of hydrogen-bond donors (Lipinski definition) is 1. The molecule has 0 bridgehead atoms. The fourth-order valence-electron chi connectivity index (χ4n) is 13.2. The molecule has 6 fully saturated rings. The summed E-state index contributed by atoms with van der Waals surface area (Å²) in [6, 6.07) is 0. The molecule has 0 radical (unpaired) electrons. The van der Waals surface area contributed by atoms with E-state index in [1.54, 1.807) is 6.08 Å². The Morgan fingerprint density at radius 1 is 0.721 bits per heavy atom. The number of ketones is 2. The maximum atomic E-state index is 11.8. The van der Waals surface area contributed by atoms with Crippen LogP contribution in [0.1, 0.15) is 124 Å². The molecule has 4 nitrogen and oxygen atoms in total. The average Bonchev–Trinajstić information content (AvgIpc) is 3.54. The second-order valence-electron chi connectivity index (χ2n) is 17.2. The molecule has 11 atom stereocenters. The van der Waals surface area contributed by atoms with Crippen LogP contribution in [0.2, 0.25) is 0 Å². The molecule has 8 aliphatic rings. The standard InChI is InChI=1S/C20H26O3.C19H28O/c1-19-9-7-13(21)11-12(19)3-4-14-15-5-6-17(18(22)23)20(15,2)10-8-16(14)19;1-18-9-3-4-16(18)15-6-5-13-12-14(20)7-11-19(13,2)17(15)8-10-18/h7,9,11,14-17H,3-6,8,10H2,1-2H3,(H,22,23);12,15-17H,3-11H2,1-2H3/t14-,15-,16-,17+,19-,20-;15-,16-,17-,18-,19-/m00/s1. The third-order valence-corrected chi connectivity index (χ3v) is 15.6. The number of carboxylic acids is 1. The zero-order valence-electron chi connectivity index (χ0n) is 27.1. The van der Waals surface area contributed by atoms with Crippen LogP contribution in [0.4, 0.5) is 0 Å². The van der Waals surface area contributed by atoms with Gasteiger partial charge in [-0.2, -0.15) is 0 Å². The highest BCUT2D eigenvalue weighted by atomic mass is 16.4. The van der Waals surface area contributed by atoms with Crippen molar-refractivity contribution in [1.82, 2.24) is 0 Å². The SMILES string of the molecule is C[C@@]12CCC[C@H]1[C@@H]1CCC3=CC(=O)CC[C@]3(C)[C@H]1CC2.C[C@]12CC[C@H]3[C@@H](CCC4=CC(=O)C=C[C@@]43C)[C@@H]1CC[C@@H]2C(=O)O. The summed E-state index contributed by atoms with van der Waals surface area (Å²) >= 11 is 0. The lowest BCUT2D eigenvalue weighted by Gasteiger charge is -2.57. The van der Waals surface area contributed by atoms with Gasteiger partial charge < -0.3 is 5.11 Å². The van der Waals surface area contributed by atoms with Gasteiger partial charge in [0.05, 0.1) is 5.92 Å². The zero-order valence-corrected chi connectivity index (χ0v) is 27.1. The number of fused-ring (bicyclic) bond motifs is 10. The minimum atomic E-state index is -0.598. The largest absolute Gasteiger partial charge is 0.481 e. The molecule has 8 rings (SSSR count). The molecular weight excluding hydrogens is 532 g/mol. The lowest BCUT2D eigenvalue weighted by molar-refractivity contribution is -0.148. The summed E-state index contributed by atoms with van der Waals surface area (Å²) in [4.78, 5) is 35.2. The Hall–Kier alpha value is -1.97. The van der Waals surface area contributed by atoms with Crippen molar-refractivity contribution < 1.29 is 19.5 Å². The van der Waals surface area contributed by atoms with Crippen molar-refractivity contribution in [3.63, 3.8) is 0 Å². The molecule has 234 valence electrons. The summed E-state index contributed by atoms with van der Waals surface area (Å²) in [5, 5.41) is 9.62. The van der Waals surface area contributed by atoms with E-state index in [2.05, 4.69) is 33.8 Å². The second kappa shape index (κ2) is 10.3. The molecule has 0 saturated heterocycles. The normalized spacial score (nSPS) is 49.5. The summed E-state index contributed by atoms with van der Waals surface area (Å²) in [6.07, 6.45) is 25.7. The predicted octanol–water partition coefficient (Wildman–Crippen LogP) is 8.90. The van der Waals surface area contributed by atoms with Gasteiger partial charge in [-0.15, -0.1) is 0 Å². The number of carbonyl (C=O) groups excluding carboxylic acids is 2. The van der Waals surface area contributed by atoms with E-state index in [4.69, 9.17) is 0 Å². The lowest BCUT2D eigenvalue weighted by Crippen LogP contribution is -2.50. The highest BCUT2D eigenvalue weighted by molar-refractivity contribution is 6.01. The van der Waals surface area contributed by atoms with E-state index in [1.165, 1.54) is 56.1 Å². The Labute approximate surface area is 259 Å². The van der Waals surface area contributed by atoms with Gasteiger partial charge in [-0.3, -0.25) is 14.4 Å². The first-order valence-corrected chi connectivity index (χ1v) is 17.8. The molecule has 0 amide bonds. The highest BCUT2D eigenvalue weighted by Gasteiger charge is 2.60. The molecule has 6 saturated carbocycles. The van der Waals surface area contributed by atoms with Gasteiger partial charge >= 0.3 is 5.97 Å². The summed E-state index contributed by atoms with van der Waals surface area (Å²) in [5.74, 6) is 4.26. The topological polar surface area (TPSA) is 71.4 Å². The van der Waals surface area contributed by atoms with E-state index in [-0.39, 0.29) is 22.5 Å². The second-order valence-corrected chi connectivity index (χ2v) is 17.2. The first-order chi connectivity index (χ1) is 20.4. The molecule has 8 aliphatic carbocycles. The summed E-state index contributed by atoms with van der Waals surface area (Å²) < 4.78 is 0. The van der Waals surface area contributed by atoms with Crippen molar-refractivity contribution in [2.45, 2.75) is 124 Å². The summed E-state index contributed by atoms with van der Waals surface area (Å²) in [6.45, 7) is 9.58. The van der Waals surface area contributed by atoms with Gasteiger partial charge in [-0.1, -0.05) is 51.3 Å². The fourth-order valence-corrected chi connectivity index (χ4v) is 13.2. The average molecular weight is 587 g/mol. The molecule has 0 aromatic heterocycles. The van der Waals surface area contributed by atoms with Gasteiger partial charge in [0.15, 0.2) is 11.6 Å². The van der Waals surface area contributed by atoms with Gasteiger partial charge in [0, 0.05) is 11.8 Å². The monoisotopic (exact) mass is 586 g/mol. The van der Waals surface area contributed by atoms with E-state index in [9.17, 15) is 19.5 Å². The molecule has 0 spiro atoms. The molecule has 4 heteroatoms. The van der Waals surface area contributed by atoms with Gasteiger partial charge in [-0.25, -0.2) is 0 Å². The highest BCUT2D eigenvalue weighted by Crippen LogP contribution is 2.67. The van der Waals surface area contributed by atoms with Crippen molar-refractivity contribution in [3.05, 3.63) is 35.5 Å². The van der Waals surface area contributed by atoms with Crippen molar-refractivity contribution in [1.29, 1.82) is 0 Å². The molecule has 0 aromatic carbocycles. The van der Waals surface area contributed by atoms with Gasteiger partial charge in [0.25, 0.3) is 0 Å². The first-order valence-electron chi connectivity index (χ1n) is 17.8. The Morgan fingerprint density at radius 3 is 2.21 bits per heavy atom. The first kappa shape index (κ1) is 29.7. The molecule has 0 unspecified atom stereocenters. The van der Waals surface area contributed by atoms with E-state index in [0.29, 0.717) is 34.4 Å². The number of allylic oxidation sites excluding steroid dienone is 5.